The van der Waals surface area contributed by atoms with E-state index in [1.165, 1.54) is 0 Å². The molecule has 0 aliphatic heterocycles. The maximum atomic E-state index is 12.6. The standard InChI is InChI=1S/C19H14O3/c1-3-12-21-16-10-11-17(18(14-16)22-13-4-2)19(20)15-8-6-5-7-9-15/h1-2,5-11,14H,12-13H2. The zero-order chi connectivity index (χ0) is 15.8. The number of terminal acetylenes is 2. The number of ether oxygens (including phenoxy) is 2. The van der Waals surface area contributed by atoms with Gasteiger partial charge in [0.2, 0.25) is 0 Å². The van der Waals surface area contributed by atoms with Crippen molar-refractivity contribution < 1.29 is 14.3 Å². The molecule has 0 N–H and O–H groups in total. The van der Waals surface area contributed by atoms with E-state index in [9.17, 15) is 4.79 Å². The van der Waals surface area contributed by atoms with Crippen molar-refractivity contribution in [1.29, 1.82) is 0 Å². The van der Waals surface area contributed by atoms with Gasteiger partial charge in [-0.25, -0.2) is 0 Å². The molecule has 0 atom stereocenters. The van der Waals surface area contributed by atoms with Gasteiger partial charge < -0.3 is 9.47 Å². The summed E-state index contributed by atoms with van der Waals surface area (Å²) in [6, 6.07) is 13.9. The highest BCUT2D eigenvalue weighted by Gasteiger charge is 2.15. The zero-order valence-corrected chi connectivity index (χ0v) is 11.9. The monoisotopic (exact) mass is 290 g/mol. The van der Waals surface area contributed by atoms with E-state index in [0.29, 0.717) is 22.6 Å². The number of ketones is 1. The molecule has 3 heteroatoms. The van der Waals surface area contributed by atoms with Gasteiger partial charge in [0.05, 0.1) is 5.56 Å². The van der Waals surface area contributed by atoms with Crippen LogP contribution in [-0.2, 0) is 0 Å². The fourth-order valence-electron chi connectivity index (χ4n) is 1.89. The molecule has 0 amide bonds. The third-order valence-electron chi connectivity index (χ3n) is 2.87. The van der Waals surface area contributed by atoms with Crippen molar-refractivity contribution >= 4 is 5.78 Å². The summed E-state index contributed by atoms with van der Waals surface area (Å²) < 4.78 is 10.8. The lowest BCUT2D eigenvalue weighted by Gasteiger charge is -2.11. The number of rotatable bonds is 6. The minimum Gasteiger partial charge on any atom is -0.481 e. The molecular formula is C19H14O3. The predicted octanol–water partition coefficient (Wildman–Crippen LogP) is 2.94. The molecular weight excluding hydrogens is 276 g/mol. The third kappa shape index (κ3) is 3.69. The predicted molar refractivity (Wildman–Crippen MR) is 85.0 cm³/mol. The van der Waals surface area contributed by atoms with Crippen molar-refractivity contribution in [2.75, 3.05) is 13.2 Å². The van der Waals surface area contributed by atoms with E-state index in [1.54, 1.807) is 42.5 Å². The van der Waals surface area contributed by atoms with Gasteiger partial charge in [-0.15, -0.1) is 12.8 Å². The number of benzene rings is 2. The Morgan fingerprint density at radius 2 is 1.64 bits per heavy atom. The van der Waals surface area contributed by atoms with Crippen LogP contribution in [0.5, 0.6) is 11.5 Å². The molecule has 0 saturated carbocycles. The van der Waals surface area contributed by atoms with Gasteiger partial charge in [-0.05, 0) is 12.1 Å². The molecule has 0 heterocycles. The second-order valence-electron chi connectivity index (χ2n) is 4.34. The summed E-state index contributed by atoms with van der Waals surface area (Å²) >= 11 is 0. The Morgan fingerprint density at radius 3 is 2.32 bits per heavy atom. The Morgan fingerprint density at radius 1 is 0.955 bits per heavy atom. The Balaban J connectivity index is 2.35. The van der Waals surface area contributed by atoms with E-state index in [4.69, 9.17) is 22.3 Å². The largest absolute Gasteiger partial charge is 0.481 e. The van der Waals surface area contributed by atoms with Crippen LogP contribution in [0.25, 0.3) is 0 Å². The van der Waals surface area contributed by atoms with Crippen molar-refractivity contribution in [2.45, 2.75) is 0 Å². The molecule has 0 spiro atoms. The number of hydrogen-bond acceptors (Lipinski definition) is 3. The minimum absolute atomic E-state index is 0.0632. The van der Waals surface area contributed by atoms with Crippen LogP contribution in [0.3, 0.4) is 0 Å². The van der Waals surface area contributed by atoms with Crippen LogP contribution in [0.1, 0.15) is 15.9 Å². The summed E-state index contributed by atoms with van der Waals surface area (Å²) in [7, 11) is 0. The van der Waals surface area contributed by atoms with Gasteiger partial charge >= 0.3 is 0 Å². The van der Waals surface area contributed by atoms with Crippen LogP contribution < -0.4 is 9.47 Å². The summed E-state index contributed by atoms with van der Waals surface area (Å²) in [4.78, 5) is 12.6. The Bertz CT molecular complexity index is 734. The van der Waals surface area contributed by atoms with E-state index in [1.807, 2.05) is 6.07 Å². The van der Waals surface area contributed by atoms with Crippen molar-refractivity contribution in [3.63, 3.8) is 0 Å². The lowest BCUT2D eigenvalue weighted by molar-refractivity contribution is 0.103. The summed E-state index contributed by atoms with van der Waals surface area (Å²) in [5.41, 5.74) is 1.000. The zero-order valence-electron chi connectivity index (χ0n) is 11.9. The molecule has 22 heavy (non-hydrogen) atoms. The van der Waals surface area contributed by atoms with E-state index in [-0.39, 0.29) is 19.0 Å². The molecule has 2 aromatic carbocycles. The van der Waals surface area contributed by atoms with Gasteiger partial charge in [0.25, 0.3) is 0 Å². The molecule has 0 aliphatic rings. The highest BCUT2D eigenvalue weighted by atomic mass is 16.5. The van der Waals surface area contributed by atoms with Gasteiger partial charge in [-0.1, -0.05) is 42.2 Å². The Labute approximate surface area is 129 Å². The van der Waals surface area contributed by atoms with Crippen LogP contribution in [-0.4, -0.2) is 19.0 Å². The molecule has 0 fully saturated rings. The molecule has 0 radical (unpaired) electrons. The topological polar surface area (TPSA) is 35.5 Å². The molecule has 108 valence electrons. The average Bonchev–Trinajstić information content (AvgIpc) is 2.58. The molecule has 0 aliphatic carbocycles. The van der Waals surface area contributed by atoms with Gasteiger partial charge in [0.15, 0.2) is 5.78 Å². The normalized spacial score (nSPS) is 9.36. The second-order valence-corrected chi connectivity index (χ2v) is 4.34. The van der Waals surface area contributed by atoms with Crippen molar-refractivity contribution in [1.82, 2.24) is 0 Å². The van der Waals surface area contributed by atoms with E-state index in [2.05, 4.69) is 11.8 Å². The summed E-state index contributed by atoms with van der Waals surface area (Å²) in [5.74, 6) is 5.51. The first-order chi connectivity index (χ1) is 10.8. The molecule has 0 unspecified atom stereocenters. The molecule has 3 nitrogen and oxygen atoms in total. The summed E-state index contributed by atoms with van der Waals surface area (Å²) in [6.07, 6.45) is 10.4. The first-order valence-electron chi connectivity index (χ1n) is 6.62. The first-order valence-corrected chi connectivity index (χ1v) is 6.62. The maximum Gasteiger partial charge on any atom is 0.196 e. The lowest BCUT2D eigenvalue weighted by atomic mass is 10.0. The van der Waals surface area contributed by atoms with Crippen LogP contribution >= 0.6 is 0 Å². The van der Waals surface area contributed by atoms with E-state index in [0.717, 1.165) is 0 Å². The van der Waals surface area contributed by atoms with Crippen molar-refractivity contribution in [3.05, 3.63) is 59.7 Å². The number of hydrogen-bond donors (Lipinski definition) is 0. The molecule has 0 aromatic heterocycles. The van der Waals surface area contributed by atoms with Gasteiger partial charge in [0.1, 0.15) is 24.7 Å². The van der Waals surface area contributed by atoms with Crippen molar-refractivity contribution in [2.24, 2.45) is 0 Å². The number of carbonyl (C=O) groups excluding carboxylic acids is 1. The van der Waals surface area contributed by atoms with Gasteiger partial charge in [-0.3, -0.25) is 4.79 Å². The molecule has 0 saturated heterocycles. The Hall–Kier alpha value is -3.17. The van der Waals surface area contributed by atoms with Crippen LogP contribution in [0.4, 0.5) is 0 Å². The lowest BCUT2D eigenvalue weighted by Crippen LogP contribution is -2.06. The van der Waals surface area contributed by atoms with Crippen LogP contribution in [0, 0.1) is 24.7 Å². The fraction of sp³-hybridized carbons (Fsp3) is 0.105. The molecule has 0 bridgehead atoms. The third-order valence-corrected chi connectivity index (χ3v) is 2.87. The van der Waals surface area contributed by atoms with Crippen molar-refractivity contribution in [3.8, 4) is 36.2 Å². The quantitative estimate of drug-likeness (QED) is 0.606. The second kappa shape index (κ2) is 7.57. The first kappa shape index (κ1) is 15.2. The summed E-state index contributed by atoms with van der Waals surface area (Å²) in [6.45, 7) is 0.203. The van der Waals surface area contributed by atoms with Crippen LogP contribution in [0.15, 0.2) is 48.5 Å². The van der Waals surface area contributed by atoms with E-state index >= 15 is 0 Å². The smallest absolute Gasteiger partial charge is 0.196 e. The van der Waals surface area contributed by atoms with E-state index < -0.39 is 0 Å². The average molecular weight is 290 g/mol. The molecule has 2 aromatic rings. The van der Waals surface area contributed by atoms with Gasteiger partial charge in [-0.2, -0.15) is 0 Å². The summed E-state index contributed by atoms with van der Waals surface area (Å²) in [5, 5.41) is 0. The highest BCUT2D eigenvalue weighted by Crippen LogP contribution is 2.27. The highest BCUT2D eigenvalue weighted by molar-refractivity contribution is 6.10. The SMILES string of the molecule is C#CCOc1ccc(C(=O)c2ccccc2)c(OCC#C)c1. The minimum atomic E-state index is -0.142. The number of carbonyl (C=O) groups is 1. The fourth-order valence-corrected chi connectivity index (χ4v) is 1.89. The molecule has 2 rings (SSSR count). The van der Waals surface area contributed by atoms with Crippen LogP contribution in [0.2, 0.25) is 0 Å². The Kier molecular flexibility index (Phi) is 5.24. The maximum absolute atomic E-state index is 12.6. The van der Waals surface area contributed by atoms with Gasteiger partial charge in [0, 0.05) is 11.6 Å².